The van der Waals surface area contributed by atoms with Gasteiger partial charge in [-0.2, -0.15) is 4.98 Å². The van der Waals surface area contributed by atoms with Crippen molar-refractivity contribution in [2.24, 2.45) is 0 Å². The van der Waals surface area contributed by atoms with Crippen LogP contribution in [0.2, 0.25) is 0 Å². The van der Waals surface area contributed by atoms with Crippen LogP contribution in [-0.2, 0) is 9.30 Å². The maximum absolute atomic E-state index is 10.7. The fourth-order valence-electron chi connectivity index (χ4n) is 2.24. The van der Waals surface area contributed by atoms with E-state index in [1.165, 1.54) is 10.9 Å². The summed E-state index contributed by atoms with van der Waals surface area (Å²) in [5.74, 6) is -0.278. The van der Waals surface area contributed by atoms with E-state index in [0.717, 1.165) is 6.33 Å². The normalized spacial score (nSPS) is 30.3. The third-order valence-electron chi connectivity index (χ3n) is 3.24. The number of fused-ring (bicyclic) bond motifs is 1. The maximum atomic E-state index is 10.7. The molecule has 0 aliphatic carbocycles. The topological polar surface area (TPSA) is 131 Å². The Morgan fingerprint density at radius 1 is 1.30 bits per heavy atom. The summed E-state index contributed by atoms with van der Waals surface area (Å²) in [5, 5.41) is 29.4. The SMILES string of the molecule is O=[PH]C[C@H]1O[C@@H](n2cnc3c(O)ncnc32)[C@H](O)[C@@H]1O. The number of rotatable bonds is 3. The van der Waals surface area contributed by atoms with E-state index in [1.54, 1.807) is 0 Å². The number of aliphatic hydroxyl groups is 2. The summed E-state index contributed by atoms with van der Waals surface area (Å²) < 4.78 is 17.6. The van der Waals surface area contributed by atoms with Crippen molar-refractivity contribution in [2.75, 3.05) is 6.16 Å². The Labute approximate surface area is 114 Å². The van der Waals surface area contributed by atoms with Crippen LogP contribution in [0.3, 0.4) is 0 Å². The van der Waals surface area contributed by atoms with Crippen LogP contribution in [0.25, 0.3) is 11.2 Å². The molecule has 10 heteroatoms. The summed E-state index contributed by atoms with van der Waals surface area (Å²) >= 11 is 0. The fourth-order valence-corrected chi connectivity index (χ4v) is 2.74. The van der Waals surface area contributed by atoms with Gasteiger partial charge < -0.3 is 20.1 Å². The van der Waals surface area contributed by atoms with Crippen LogP contribution in [0.15, 0.2) is 12.7 Å². The van der Waals surface area contributed by atoms with Gasteiger partial charge in [0.15, 0.2) is 17.4 Å². The van der Waals surface area contributed by atoms with Gasteiger partial charge >= 0.3 is 0 Å². The molecule has 3 heterocycles. The van der Waals surface area contributed by atoms with Crippen molar-refractivity contribution in [3.63, 3.8) is 0 Å². The molecule has 0 saturated carbocycles. The zero-order valence-electron chi connectivity index (χ0n) is 10.1. The fraction of sp³-hybridized carbons (Fsp3) is 0.500. The minimum atomic E-state index is -1.20. The summed E-state index contributed by atoms with van der Waals surface area (Å²) in [6.07, 6.45) is -1.36. The van der Waals surface area contributed by atoms with E-state index in [-0.39, 0.29) is 23.2 Å². The number of aromatic hydroxyl groups is 1. The lowest BCUT2D eigenvalue weighted by atomic mass is 10.1. The lowest BCUT2D eigenvalue weighted by molar-refractivity contribution is -0.0290. The molecule has 1 aliphatic rings. The highest BCUT2D eigenvalue weighted by Crippen LogP contribution is 2.33. The van der Waals surface area contributed by atoms with Crippen LogP contribution < -0.4 is 0 Å². The molecule has 1 aliphatic heterocycles. The second kappa shape index (κ2) is 5.02. The Morgan fingerprint density at radius 2 is 2.10 bits per heavy atom. The van der Waals surface area contributed by atoms with E-state index < -0.39 is 33.0 Å². The van der Waals surface area contributed by atoms with Crippen molar-refractivity contribution in [1.82, 2.24) is 19.5 Å². The monoisotopic (exact) mass is 299 g/mol. The molecule has 3 N–H and O–H groups in total. The molecule has 1 unspecified atom stereocenters. The van der Waals surface area contributed by atoms with Gasteiger partial charge in [0.05, 0.1) is 20.9 Å². The molecule has 5 atom stereocenters. The Morgan fingerprint density at radius 3 is 2.85 bits per heavy atom. The third kappa shape index (κ3) is 1.95. The molecule has 1 fully saturated rings. The predicted octanol–water partition coefficient (Wildman–Crippen LogP) is -0.825. The van der Waals surface area contributed by atoms with Crippen molar-refractivity contribution >= 4 is 19.6 Å². The van der Waals surface area contributed by atoms with Gasteiger partial charge in [0.2, 0.25) is 5.88 Å². The third-order valence-corrected chi connectivity index (χ3v) is 3.80. The number of imidazole rings is 1. The first kappa shape index (κ1) is 13.3. The van der Waals surface area contributed by atoms with Gasteiger partial charge in [-0.25, -0.2) is 9.97 Å². The van der Waals surface area contributed by atoms with Gasteiger partial charge in [-0.1, -0.05) is 0 Å². The van der Waals surface area contributed by atoms with Crippen molar-refractivity contribution in [2.45, 2.75) is 24.5 Å². The molecular formula is C10H12N4O5P. The van der Waals surface area contributed by atoms with Crippen LogP contribution >= 0.6 is 8.46 Å². The zero-order valence-corrected chi connectivity index (χ0v) is 11.1. The van der Waals surface area contributed by atoms with Crippen LogP contribution in [-0.4, -0.2) is 59.3 Å². The highest BCUT2D eigenvalue weighted by atomic mass is 31.1. The van der Waals surface area contributed by atoms with Gasteiger partial charge in [0.1, 0.15) is 18.5 Å². The van der Waals surface area contributed by atoms with E-state index in [4.69, 9.17) is 4.74 Å². The minimum Gasteiger partial charge on any atom is -0.492 e. The van der Waals surface area contributed by atoms with Crippen molar-refractivity contribution in [1.29, 1.82) is 0 Å². The first-order valence-corrected chi connectivity index (χ1v) is 6.98. The lowest BCUT2D eigenvalue weighted by Gasteiger charge is -2.16. The van der Waals surface area contributed by atoms with E-state index in [9.17, 15) is 19.9 Å². The van der Waals surface area contributed by atoms with E-state index in [0.29, 0.717) is 0 Å². The van der Waals surface area contributed by atoms with Crippen molar-refractivity contribution in [3.05, 3.63) is 12.7 Å². The molecule has 20 heavy (non-hydrogen) atoms. The van der Waals surface area contributed by atoms with E-state index in [2.05, 4.69) is 15.0 Å². The Balaban J connectivity index is 1.99. The molecule has 3 rings (SSSR count). The molecule has 0 aromatic carbocycles. The summed E-state index contributed by atoms with van der Waals surface area (Å²) in [4.78, 5) is 11.5. The standard InChI is InChI=1S/C10H12N4O5P/c15-6-4(1-20-18)19-10(7(6)16)14-3-13-5-8(14)11-2-12-9(5)17/h2-4,6-7,10,15-16,20H,1H2,(H,11,12,17)/t4-,6-,7-,10-/m1/s1. The van der Waals surface area contributed by atoms with Crippen LogP contribution in [0.4, 0.5) is 0 Å². The second-order valence-electron chi connectivity index (χ2n) is 4.42. The van der Waals surface area contributed by atoms with Gasteiger partial charge in [0, 0.05) is 6.16 Å². The summed E-state index contributed by atoms with van der Waals surface area (Å²) in [6.45, 7) is 0. The molecule has 0 bridgehead atoms. The van der Waals surface area contributed by atoms with Crippen LogP contribution in [0.5, 0.6) is 5.88 Å². The Bertz CT molecular complexity index is 650. The van der Waals surface area contributed by atoms with Crippen LogP contribution in [0, 0.1) is 0 Å². The van der Waals surface area contributed by atoms with Gasteiger partial charge in [-0.3, -0.25) is 9.13 Å². The number of hydrogen-bond donors (Lipinski definition) is 3. The summed E-state index contributed by atoms with van der Waals surface area (Å²) in [7, 11) is -0.635. The van der Waals surface area contributed by atoms with Gasteiger partial charge in [0.25, 0.3) is 0 Å². The highest BCUT2D eigenvalue weighted by Gasteiger charge is 2.44. The number of aliphatic hydroxyl groups excluding tert-OH is 2. The number of hydrogen-bond acceptors (Lipinski definition) is 8. The second-order valence-corrected chi connectivity index (χ2v) is 5.11. The van der Waals surface area contributed by atoms with Gasteiger partial charge in [-0.05, 0) is 0 Å². The summed E-state index contributed by atoms with van der Waals surface area (Å²) in [5.41, 5.74) is 0.450. The van der Waals surface area contributed by atoms with Crippen molar-refractivity contribution < 1.29 is 24.6 Å². The number of ether oxygens (including phenoxy) is 1. The Kier molecular flexibility index (Phi) is 3.35. The van der Waals surface area contributed by atoms with Crippen LogP contribution in [0.1, 0.15) is 6.23 Å². The Hall–Kier alpha value is -1.67. The average Bonchev–Trinajstić information content (AvgIpc) is 2.97. The summed E-state index contributed by atoms with van der Waals surface area (Å²) in [6, 6.07) is 0. The molecule has 107 valence electrons. The number of nitrogens with zero attached hydrogens (tertiary/aromatic N) is 4. The predicted molar refractivity (Wildman–Crippen MR) is 66.8 cm³/mol. The molecule has 0 amide bonds. The zero-order chi connectivity index (χ0) is 14.3. The molecule has 1 radical (unpaired) electrons. The first-order valence-electron chi connectivity index (χ1n) is 5.86. The maximum Gasteiger partial charge on any atom is 0.242 e. The lowest BCUT2D eigenvalue weighted by Crippen LogP contribution is -2.32. The first-order chi connectivity index (χ1) is 9.63. The molecule has 2 aromatic heterocycles. The van der Waals surface area contributed by atoms with E-state index >= 15 is 0 Å². The smallest absolute Gasteiger partial charge is 0.242 e. The molecule has 9 nitrogen and oxygen atoms in total. The molecule has 2 aromatic rings. The highest BCUT2D eigenvalue weighted by molar-refractivity contribution is 7.23. The van der Waals surface area contributed by atoms with E-state index in [1.807, 2.05) is 0 Å². The molecule has 0 spiro atoms. The minimum absolute atomic E-state index is 0.127. The molecular weight excluding hydrogens is 287 g/mol. The average molecular weight is 299 g/mol. The molecule has 1 saturated heterocycles. The quantitative estimate of drug-likeness (QED) is 0.626. The van der Waals surface area contributed by atoms with Gasteiger partial charge in [-0.15, -0.1) is 0 Å². The van der Waals surface area contributed by atoms with Crippen molar-refractivity contribution in [3.8, 4) is 5.88 Å². The number of aromatic nitrogens is 4. The largest absolute Gasteiger partial charge is 0.492 e.